The van der Waals surface area contributed by atoms with Crippen LogP contribution in [0.25, 0.3) is 106 Å². The summed E-state index contributed by atoms with van der Waals surface area (Å²) in [7, 11) is 0. The number of para-hydroxylation sites is 2. The van der Waals surface area contributed by atoms with Crippen molar-refractivity contribution in [2.75, 3.05) is 0 Å². The minimum absolute atomic E-state index is 0.664. The number of hydrogen-bond donors (Lipinski definition) is 0. The zero-order chi connectivity index (χ0) is 41.0. The first-order chi connectivity index (χ1) is 30.7. The standard InChI is InChI=1S/C58H40N4/c1-4-14-39(15-5-1)41-24-28-43(29-25-41)52-38-53(44-30-26-42(27-31-44)40-16-6-2-7-17-40)60-58(59-52)62-55-23-13-11-21-49(55)51-37-46(33-35-57(51)62)45-32-34-56-50(36-45)48-20-10-12-22-54(48)61(56)47-18-8-3-9-19-47/h1-10,12-20,22-38H,11,21H2. The zero-order valence-corrected chi connectivity index (χ0v) is 34.0. The predicted octanol–water partition coefficient (Wildman–Crippen LogP) is 14.8. The molecule has 0 fully saturated rings. The average Bonchev–Trinajstić information content (AvgIpc) is 3.87. The van der Waals surface area contributed by atoms with Crippen molar-refractivity contribution in [3.63, 3.8) is 0 Å². The van der Waals surface area contributed by atoms with Crippen LogP contribution >= 0.6 is 0 Å². The monoisotopic (exact) mass is 792 g/mol. The fraction of sp³-hybridized carbons (Fsp3) is 0.0345. The summed E-state index contributed by atoms with van der Waals surface area (Å²) in [5, 5.41) is 3.74. The van der Waals surface area contributed by atoms with Gasteiger partial charge in [-0.25, -0.2) is 9.97 Å². The Morgan fingerprint density at radius 1 is 0.355 bits per heavy atom. The Hall–Kier alpha value is -8.08. The topological polar surface area (TPSA) is 35.6 Å². The van der Waals surface area contributed by atoms with Crippen molar-refractivity contribution in [3.8, 4) is 67.5 Å². The van der Waals surface area contributed by atoms with Crippen LogP contribution in [0, 0.1) is 0 Å². The first kappa shape index (κ1) is 35.8. The summed E-state index contributed by atoms with van der Waals surface area (Å²) in [5.41, 5.74) is 18.1. The smallest absolute Gasteiger partial charge is 0.235 e. The summed E-state index contributed by atoms with van der Waals surface area (Å²) >= 11 is 0. The van der Waals surface area contributed by atoms with Crippen LogP contribution in [-0.2, 0) is 6.42 Å². The number of rotatable bonds is 7. The predicted molar refractivity (Wildman–Crippen MR) is 258 cm³/mol. The fourth-order valence-corrected chi connectivity index (χ4v) is 9.40. The third-order valence-electron chi connectivity index (χ3n) is 12.5. The number of aromatic nitrogens is 4. The number of aryl methyl sites for hydroxylation is 1. The third kappa shape index (κ3) is 6.15. The minimum Gasteiger partial charge on any atom is -0.309 e. The van der Waals surface area contributed by atoms with Gasteiger partial charge in [-0.3, -0.25) is 4.57 Å². The molecule has 0 saturated carbocycles. The highest BCUT2D eigenvalue weighted by Gasteiger charge is 2.23. The van der Waals surface area contributed by atoms with Crippen LogP contribution in [0.15, 0.2) is 212 Å². The van der Waals surface area contributed by atoms with Gasteiger partial charge in [-0.2, -0.15) is 0 Å². The molecule has 4 nitrogen and oxygen atoms in total. The van der Waals surface area contributed by atoms with Gasteiger partial charge < -0.3 is 4.57 Å². The summed E-state index contributed by atoms with van der Waals surface area (Å²) < 4.78 is 4.66. The molecule has 62 heavy (non-hydrogen) atoms. The average molecular weight is 793 g/mol. The van der Waals surface area contributed by atoms with E-state index in [0.717, 1.165) is 52.3 Å². The number of allylic oxidation sites excluding steroid dienone is 1. The summed E-state index contributed by atoms with van der Waals surface area (Å²) in [6.07, 6.45) is 6.50. The molecular formula is C58H40N4. The van der Waals surface area contributed by atoms with Gasteiger partial charge in [-0.1, -0.05) is 164 Å². The number of fused-ring (bicyclic) bond motifs is 6. The van der Waals surface area contributed by atoms with E-state index in [-0.39, 0.29) is 0 Å². The van der Waals surface area contributed by atoms with Crippen molar-refractivity contribution in [1.82, 2.24) is 19.1 Å². The molecule has 1 aliphatic carbocycles. The maximum absolute atomic E-state index is 5.38. The Bertz CT molecular complexity index is 3370. The molecule has 1 aliphatic rings. The molecule has 0 N–H and O–H groups in total. The van der Waals surface area contributed by atoms with Gasteiger partial charge in [0.05, 0.1) is 33.6 Å². The molecule has 0 bridgehead atoms. The van der Waals surface area contributed by atoms with Crippen LogP contribution in [0.5, 0.6) is 0 Å². The molecule has 0 radical (unpaired) electrons. The summed E-state index contributed by atoms with van der Waals surface area (Å²) in [4.78, 5) is 10.8. The first-order valence-electron chi connectivity index (χ1n) is 21.4. The molecule has 0 saturated heterocycles. The van der Waals surface area contributed by atoms with Gasteiger partial charge >= 0.3 is 0 Å². The molecule has 12 rings (SSSR count). The Balaban J connectivity index is 1.00. The Morgan fingerprint density at radius 3 is 1.44 bits per heavy atom. The Kier molecular flexibility index (Phi) is 8.60. The van der Waals surface area contributed by atoms with Crippen molar-refractivity contribution in [1.29, 1.82) is 0 Å². The molecule has 8 aromatic carbocycles. The Labute approximate surface area is 360 Å². The quantitative estimate of drug-likeness (QED) is 0.161. The van der Waals surface area contributed by atoms with Gasteiger partial charge in [-0.05, 0) is 106 Å². The molecule has 0 aliphatic heterocycles. The lowest BCUT2D eigenvalue weighted by atomic mass is 9.97. The second kappa shape index (κ2) is 14.9. The van der Waals surface area contributed by atoms with E-state index in [4.69, 9.17) is 9.97 Å². The molecule has 4 heteroatoms. The SMILES string of the molecule is C1=Cc2c(c3cc(-c4ccc5c(c4)c4ccccc4n5-c4ccccc4)ccc3n2-c2nc(-c3ccc(-c4ccccc4)cc3)cc(-c3ccc(-c4ccccc4)cc3)n2)CC1. The minimum atomic E-state index is 0.664. The van der Waals surface area contributed by atoms with E-state index in [1.165, 1.54) is 66.1 Å². The molecular weight excluding hydrogens is 753 g/mol. The van der Waals surface area contributed by atoms with Crippen LogP contribution < -0.4 is 0 Å². The molecule has 292 valence electrons. The van der Waals surface area contributed by atoms with Crippen molar-refractivity contribution < 1.29 is 0 Å². The normalized spacial score (nSPS) is 12.3. The van der Waals surface area contributed by atoms with Gasteiger partial charge in [0.25, 0.3) is 0 Å². The molecule has 0 spiro atoms. The van der Waals surface area contributed by atoms with Crippen molar-refractivity contribution in [2.45, 2.75) is 12.8 Å². The van der Waals surface area contributed by atoms with E-state index in [1.807, 2.05) is 0 Å². The second-order valence-corrected chi connectivity index (χ2v) is 16.1. The van der Waals surface area contributed by atoms with Crippen molar-refractivity contribution in [2.24, 2.45) is 0 Å². The maximum atomic E-state index is 5.38. The lowest BCUT2D eigenvalue weighted by Gasteiger charge is -2.14. The molecule has 0 unspecified atom stereocenters. The van der Waals surface area contributed by atoms with Crippen molar-refractivity contribution in [3.05, 3.63) is 224 Å². The van der Waals surface area contributed by atoms with E-state index < -0.39 is 0 Å². The van der Waals surface area contributed by atoms with Gasteiger partial charge in [0.1, 0.15) is 0 Å². The summed E-state index contributed by atoms with van der Waals surface area (Å²) in [6.45, 7) is 0. The van der Waals surface area contributed by atoms with E-state index in [9.17, 15) is 0 Å². The molecule has 11 aromatic rings. The fourth-order valence-electron chi connectivity index (χ4n) is 9.40. The first-order valence-corrected chi connectivity index (χ1v) is 21.4. The third-order valence-corrected chi connectivity index (χ3v) is 12.5. The summed E-state index contributed by atoms with van der Waals surface area (Å²) in [5.74, 6) is 0.664. The lowest BCUT2D eigenvalue weighted by Crippen LogP contribution is -2.07. The van der Waals surface area contributed by atoms with E-state index in [0.29, 0.717) is 5.95 Å². The van der Waals surface area contributed by atoms with Gasteiger partial charge in [0.2, 0.25) is 5.95 Å². The van der Waals surface area contributed by atoms with Gasteiger partial charge in [0.15, 0.2) is 0 Å². The highest BCUT2D eigenvalue weighted by molar-refractivity contribution is 6.10. The molecule has 0 atom stereocenters. The van der Waals surface area contributed by atoms with Crippen LogP contribution in [0.2, 0.25) is 0 Å². The lowest BCUT2D eigenvalue weighted by molar-refractivity contribution is 0.921. The van der Waals surface area contributed by atoms with E-state index in [1.54, 1.807) is 0 Å². The van der Waals surface area contributed by atoms with Gasteiger partial charge in [0, 0.05) is 33.0 Å². The van der Waals surface area contributed by atoms with Crippen LogP contribution in [0.3, 0.4) is 0 Å². The van der Waals surface area contributed by atoms with Crippen LogP contribution in [0.1, 0.15) is 17.7 Å². The maximum Gasteiger partial charge on any atom is 0.235 e. The van der Waals surface area contributed by atoms with Crippen LogP contribution in [0.4, 0.5) is 0 Å². The summed E-state index contributed by atoms with van der Waals surface area (Å²) in [6, 6.07) is 73.9. The number of nitrogens with zero attached hydrogens (tertiary/aromatic N) is 4. The van der Waals surface area contributed by atoms with Crippen molar-refractivity contribution >= 4 is 38.8 Å². The molecule has 0 amide bonds. The number of hydrogen-bond acceptors (Lipinski definition) is 2. The molecule has 3 aromatic heterocycles. The van der Waals surface area contributed by atoms with E-state index >= 15 is 0 Å². The zero-order valence-electron chi connectivity index (χ0n) is 34.0. The largest absolute Gasteiger partial charge is 0.309 e. The highest BCUT2D eigenvalue weighted by atomic mass is 15.2. The molecule has 3 heterocycles. The van der Waals surface area contributed by atoms with Crippen LogP contribution in [-0.4, -0.2) is 19.1 Å². The van der Waals surface area contributed by atoms with E-state index in [2.05, 4.69) is 228 Å². The Morgan fingerprint density at radius 2 is 0.823 bits per heavy atom. The number of benzene rings is 8. The van der Waals surface area contributed by atoms with Gasteiger partial charge in [-0.15, -0.1) is 0 Å². The second-order valence-electron chi connectivity index (χ2n) is 16.1. The highest BCUT2D eigenvalue weighted by Crippen LogP contribution is 2.39.